The molecule has 0 bridgehead atoms. The van der Waals surface area contributed by atoms with Crippen LogP contribution in [0.15, 0.2) is 24.3 Å². The third-order valence-corrected chi connectivity index (χ3v) is 4.98. The number of rotatable bonds is 9. The number of unbranched alkanes of at least 4 members (excludes halogenated alkanes) is 4. The summed E-state index contributed by atoms with van der Waals surface area (Å²) in [5.74, 6) is 0.477. The molecule has 0 aliphatic carbocycles. The van der Waals surface area contributed by atoms with Crippen molar-refractivity contribution < 1.29 is 9.59 Å². The fourth-order valence-corrected chi connectivity index (χ4v) is 3.33. The van der Waals surface area contributed by atoms with Crippen LogP contribution in [0, 0.1) is 0 Å². The molecule has 1 saturated heterocycles. The van der Waals surface area contributed by atoms with Gasteiger partial charge in [0.2, 0.25) is 5.91 Å². The van der Waals surface area contributed by atoms with Gasteiger partial charge in [0.1, 0.15) is 0 Å². The van der Waals surface area contributed by atoms with Crippen molar-refractivity contribution in [2.24, 2.45) is 0 Å². The fraction of sp³-hybridized carbons (Fsp3) is 0.619. The lowest BCUT2D eigenvalue weighted by molar-refractivity contribution is -0.131. The molecule has 1 aliphatic heterocycles. The highest BCUT2D eigenvalue weighted by Gasteiger charge is 2.21. The van der Waals surface area contributed by atoms with Crippen molar-refractivity contribution in [2.75, 3.05) is 31.1 Å². The van der Waals surface area contributed by atoms with Gasteiger partial charge in [0.15, 0.2) is 5.78 Å². The molecule has 0 aromatic heterocycles. The van der Waals surface area contributed by atoms with Crippen molar-refractivity contribution in [2.45, 2.75) is 58.8 Å². The predicted molar refractivity (Wildman–Crippen MR) is 103 cm³/mol. The Kier molecular flexibility index (Phi) is 7.96. The normalized spacial score (nSPS) is 14.6. The molecule has 1 amide bonds. The maximum atomic E-state index is 12.3. The van der Waals surface area contributed by atoms with Crippen molar-refractivity contribution in [3.05, 3.63) is 29.8 Å². The first-order chi connectivity index (χ1) is 12.2. The molecule has 1 heterocycles. The average Bonchev–Trinajstić information content (AvgIpc) is 2.67. The van der Waals surface area contributed by atoms with Crippen molar-refractivity contribution >= 4 is 17.4 Å². The molecular formula is C21H32N2O2. The fourth-order valence-electron chi connectivity index (χ4n) is 3.33. The van der Waals surface area contributed by atoms with E-state index in [1.807, 2.05) is 30.0 Å². The van der Waals surface area contributed by atoms with Gasteiger partial charge >= 0.3 is 0 Å². The molecule has 2 rings (SSSR count). The molecule has 0 radical (unpaired) electrons. The number of anilines is 1. The van der Waals surface area contributed by atoms with Gasteiger partial charge in [-0.1, -0.05) is 51.7 Å². The lowest BCUT2D eigenvalue weighted by Crippen LogP contribution is -2.48. The summed E-state index contributed by atoms with van der Waals surface area (Å²) in [7, 11) is 0. The van der Waals surface area contributed by atoms with Crippen LogP contribution in [-0.2, 0) is 4.79 Å². The molecule has 1 aromatic carbocycles. The van der Waals surface area contributed by atoms with Crippen molar-refractivity contribution in [3.63, 3.8) is 0 Å². The minimum absolute atomic E-state index is 0.179. The Morgan fingerprint density at radius 2 is 1.68 bits per heavy atom. The molecule has 0 spiro atoms. The summed E-state index contributed by atoms with van der Waals surface area (Å²) in [4.78, 5) is 28.5. The number of carbonyl (C=O) groups is 2. The molecule has 4 nitrogen and oxygen atoms in total. The van der Waals surface area contributed by atoms with Crippen LogP contribution in [0.4, 0.5) is 5.69 Å². The minimum Gasteiger partial charge on any atom is -0.368 e. The summed E-state index contributed by atoms with van der Waals surface area (Å²) in [6, 6.07) is 7.87. The average molecular weight is 344 g/mol. The summed E-state index contributed by atoms with van der Waals surface area (Å²) < 4.78 is 0. The Hall–Kier alpha value is -1.84. The lowest BCUT2D eigenvalue weighted by Gasteiger charge is -2.36. The number of carbonyl (C=O) groups excluding carboxylic acids is 2. The Balaban J connectivity index is 1.79. The van der Waals surface area contributed by atoms with E-state index in [1.54, 1.807) is 0 Å². The molecule has 0 N–H and O–H groups in total. The molecule has 0 atom stereocenters. The predicted octanol–water partition coefficient (Wildman–Crippen LogP) is 4.29. The topological polar surface area (TPSA) is 40.6 Å². The quantitative estimate of drug-likeness (QED) is 0.496. The molecule has 1 fully saturated rings. The van der Waals surface area contributed by atoms with Gasteiger partial charge in [-0.25, -0.2) is 0 Å². The number of hydrogen-bond acceptors (Lipinski definition) is 3. The second kappa shape index (κ2) is 10.2. The Morgan fingerprint density at radius 3 is 2.36 bits per heavy atom. The number of amides is 1. The molecular weight excluding hydrogens is 312 g/mol. The first-order valence-electron chi connectivity index (χ1n) is 9.81. The van der Waals surface area contributed by atoms with Gasteiger partial charge in [0, 0.05) is 50.3 Å². The van der Waals surface area contributed by atoms with Gasteiger partial charge in [-0.3, -0.25) is 9.59 Å². The summed E-state index contributed by atoms with van der Waals surface area (Å²) in [6.07, 6.45) is 7.14. The van der Waals surface area contributed by atoms with Gasteiger partial charge in [0.05, 0.1) is 0 Å². The number of ketones is 1. The summed E-state index contributed by atoms with van der Waals surface area (Å²) in [6.45, 7) is 7.33. The van der Waals surface area contributed by atoms with Crippen LogP contribution in [0.1, 0.15) is 69.2 Å². The Bertz CT molecular complexity index is 563. The first-order valence-corrected chi connectivity index (χ1v) is 9.81. The third-order valence-electron chi connectivity index (χ3n) is 4.98. The van der Waals surface area contributed by atoms with Crippen LogP contribution in [-0.4, -0.2) is 42.8 Å². The highest BCUT2D eigenvalue weighted by Crippen LogP contribution is 2.19. The second-order valence-electron chi connectivity index (χ2n) is 6.86. The van der Waals surface area contributed by atoms with E-state index in [1.165, 1.54) is 19.3 Å². The highest BCUT2D eigenvalue weighted by molar-refractivity contribution is 5.96. The molecule has 1 aromatic rings. The summed E-state index contributed by atoms with van der Waals surface area (Å²) in [5, 5.41) is 0. The number of piperazine rings is 1. The van der Waals surface area contributed by atoms with E-state index in [9.17, 15) is 9.59 Å². The maximum absolute atomic E-state index is 12.3. The molecule has 138 valence electrons. The van der Waals surface area contributed by atoms with Crippen molar-refractivity contribution in [1.82, 2.24) is 4.90 Å². The number of benzene rings is 1. The molecule has 25 heavy (non-hydrogen) atoms. The number of nitrogens with zero attached hydrogens (tertiary/aromatic N) is 2. The standard InChI is InChI=1S/C21H32N2O2/c1-3-5-6-7-8-12-21(25)23-15-13-22(14-16-23)19-11-9-10-18(17-19)20(24)4-2/h9-11,17H,3-8,12-16H2,1-2H3. The van der Waals surface area contributed by atoms with E-state index >= 15 is 0 Å². The van der Waals surface area contributed by atoms with Crippen LogP contribution >= 0.6 is 0 Å². The van der Waals surface area contributed by atoms with E-state index in [0.29, 0.717) is 18.7 Å². The van der Waals surface area contributed by atoms with E-state index < -0.39 is 0 Å². The first kappa shape index (κ1) is 19.5. The van der Waals surface area contributed by atoms with E-state index in [0.717, 1.165) is 50.3 Å². The SMILES string of the molecule is CCCCCCCC(=O)N1CCN(c2cccc(C(=O)CC)c2)CC1. The van der Waals surface area contributed by atoms with Gasteiger partial charge in [-0.05, 0) is 18.6 Å². The van der Waals surface area contributed by atoms with Crippen LogP contribution in [0.5, 0.6) is 0 Å². The number of Topliss-reactive ketones (excluding diaryl/α,β-unsaturated/α-hetero) is 1. The van der Waals surface area contributed by atoms with Crippen LogP contribution in [0.25, 0.3) is 0 Å². The van der Waals surface area contributed by atoms with E-state index in [2.05, 4.69) is 17.9 Å². The van der Waals surface area contributed by atoms with Crippen LogP contribution in [0.3, 0.4) is 0 Å². The zero-order valence-electron chi connectivity index (χ0n) is 15.8. The minimum atomic E-state index is 0.179. The van der Waals surface area contributed by atoms with Gasteiger partial charge in [-0.15, -0.1) is 0 Å². The summed E-state index contributed by atoms with van der Waals surface area (Å²) >= 11 is 0. The van der Waals surface area contributed by atoms with Crippen molar-refractivity contribution in [3.8, 4) is 0 Å². The highest BCUT2D eigenvalue weighted by atomic mass is 16.2. The maximum Gasteiger partial charge on any atom is 0.222 e. The Morgan fingerprint density at radius 1 is 0.960 bits per heavy atom. The monoisotopic (exact) mass is 344 g/mol. The van der Waals surface area contributed by atoms with Crippen molar-refractivity contribution in [1.29, 1.82) is 0 Å². The Labute approximate surface area is 152 Å². The van der Waals surface area contributed by atoms with E-state index in [4.69, 9.17) is 0 Å². The molecule has 4 heteroatoms. The number of hydrogen-bond donors (Lipinski definition) is 0. The van der Waals surface area contributed by atoms with Crippen LogP contribution < -0.4 is 4.90 Å². The molecule has 0 saturated carbocycles. The van der Waals surface area contributed by atoms with Crippen LogP contribution in [0.2, 0.25) is 0 Å². The zero-order valence-corrected chi connectivity index (χ0v) is 15.8. The van der Waals surface area contributed by atoms with Gasteiger partial charge in [0.25, 0.3) is 0 Å². The van der Waals surface area contributed by atoms with Gasteiger partial charge in [-0.2, -0.15) is 0 Å². The smallest absolute Gasteiger partial charge is 0.222 e. The third kappa shape index (κ3) is 5.87. The zero-order chi connectivity index (χ0) is 18.1. The van der Waals surface area contributed by atoms with Gasteiger partial charge < -0.3 is 9.80 Å². The lowest BCUT2D eigenvalue weighted by atomic mass is 10.1. The molecule has 1 aliphatic rings. The second-order valence-corrected chi connectivity index (χ2v) is 6.86. The largest absolute Gasteiger partial charge is 0.368 e. The van der Waals surface area contributed by atoms with E-state index in [-0.39, 0.29) is 5.78 Å². The molecule has 0 unspecified atom stereocenters. The summed E-state index contributed by atoms with van der Waals surface area (Å²) in [5.41, 5.74) is 1.87.